The van der Waals surface area contributed by atoms with Gasteiger partial charge in [-0.15, -0.1) is 0 Å². The van der Waals surface area contributed by atoms with Crippen molar-refractivity contribution < 1.29 is 4.79 Å². The number of rotatable bonds is 5. The van der Waals surface area contributed by atoms with Crippen LogP contribution in [0.1, 0.15) is 24.8 Å². The molecule has 0 atom stereocenters. The molecule has 0 unspecified atom stereocenters. The van der Waals surface area contributed by atoms with Crippen molar-refractivity contribution in [1.82, 2.24) is 9.78 Å². The minimum Gasteiger partial charge on any atom is -0.303 e. The van der Waals surface area contributed by atoms with Gasteiger partial charge in [-0.2, -0.15) is 5.10 Å². The SMILES string of the molecule is Cn1cc(CCCCC=O)cn1. The maximum atomic E-state index is 10.0. The average molecular weight is 166 g/mol. The first-order chi connectivity index (χ1) is 5.83. The van der Waals surface area contributed by atoms with Crippen LogP contribution in [0.15, 0.2) is 12.4 Å². The smallest absolute Gasteiger partial charge is 0.119 e. The number of aryl methyl sites for hydroxylation is 2. The predicted molar refractivity (Wildman–Crippen MR) is 46.8 cm³/mol. The van der Waals surface area contributed by atoms with Crippen LogP contribution in [-0.4, -0.2) is 16.1 Å². The van der Waals surface area contributed by atoms with Crippen LogP contribution in [-0.2, 0) is 18.3 Å². The van der Waals surface area contributed by atoms with Crippen molar-refractivity contribution in [2.75, 3.05) is 0 Å². The number of unbranched alkanes of at least 4 members (excludes halogenated alkanes) is 2. The predicted octanol–water partition coefficient (Wildman–Crippen LogP) is 1.33. The van der Waals surface area contributed by atoms with Gasteiger partial charge in [0.05, 0.1) is 6.20 Å². The van der Waals surface area contributed by atoms with Crippen LogP contribution >= 0.6 is 0 Å². The molecule has 0 amide bonds. The zero-order valence-electron chi connectivity index (χ0n) is 7.36. The summed E-state index contributed by atoms with van der Waals surface area (Å²) in [5.41, 5.74) is 1.25. The van der Waals surface area contributed by atoms with Crippen LogP contribution in [0.3, 0.4) is 0 Å². The molecule has 0 bridgehead atoms. The highest BCUT2D eigenvalue weighted by atomic mass is 16.1. The molecule has 12 heavy (non-hydrogen) atoms. The van der Waals surface area contributed by atoms with Crippen molar-refractivity contribution in [3.8, 4) is 0 Å². The van der Waals surface area contributed by atoms with Crippen molar-refractivity contribution in [3.63, 3.8) is 0 Å². The standard InChI is InChI=1S/C9H14N2O/c1-11-8-9(7-10-11)5-3-2-4-6-12/h6-8H,2-5H2,1H3. The Balaban J connectivity index is 2.19. The van der Waals surface area contributed by atoms with Crippen molar-refractivity contribution in [2.24, 2.45) is 7.05 Å². The van der Waals surface area contributed by atoms with E-state index in [1.807, 2.05) is 19.4 Å². The largest absolute Gasteiger partial charge is 0.303 e. The van der Waals surface area contributed by atoms with Gasteiger partial charge in [-0.25, -0.2) is 0 Å². The van der Waals surface area contributed by atoms with Gasteiger partial charge in [0.1, 0.15) is 6.29 Å². The van der Waals surface area contributed by atoms with E-state index in [1.165, 1.54) is 5.56 Å². The molecular formula is C9H14N2O. The van der Waals surface area contributed by atoms with Gasteiger partial charge >= 0.3 is 0 Å². The lowest BCUT2D eigenvalue weighted by Gasteiger charge is -1.93. The van der Waals surface area contributed by atoms with Crippen molar-refractivity contribution in [3.05, 3.63) is 18.0 Å². The lowest BCUT2D eigenvalue weighted by atomic mass is 10.1. The monoisotopic (exact) mass is 166 g/mol. The minimum atomic E-state index is 0.681. The van der Waals surface area contributed by atoms with E-state index in [0.29, 0.717) is 6.42 Å². The summed E-state index contributed by atoms with van der Waals surface area (Å²) in [6.45, 7) is 0. The molecule has 1 heterocycles. The summed E-state index contributed by atoms with van der Waals surface area (Å²) in [6, 6.07) is 0. The summed E-state index contributed by atoms with van der Waals surface area (Å²) in [5.74, 6) is 0. The first-order valence-electron chi connectivity index (χ1n) is 4.24. The summed E-state index contributed by atoms with van der Waals surface area (Å²) in [4.78, 5) is 10.0. The molecule has 0 saturated carbocycles. The lowest BCUT2D eigenvalue weighted by molar-refractivity contribution is -0.107. The van der Waals surface area contributed by atoms with Gasteiger partial charge in [-0.3, -0.25) is 4.68 Å². The first-order valence-corrected chi connectivity index (χ1v) is 4.24. The molecule has 0 saturated heterocycles. The highest BCUT2D eigenvalue weighted by Gasteiger charge is 1.95. The van der Waals surface area contributed by atoms with E-state index in [1.54, 1.807) is 4.68 Å². The Labute approximate surface area is 72.4 Å². The number of carbonyl (C=O) groups is 1. The fourth-order valence-corrected chi connectivity index (χ4v) is 1.16. The Hall–Kier alpha value is -1.12. The number of nitrogens with zero attached hydrogens (tertiary/aromatic N) is 2. The van der Waals surface area contributed by atoms with Crippen molar-refractivity contribution in [2.45, 2.75) is 25.7 Å². The second kappa shape index (κ2) is 4.70. The van der Waals surface area contributed by atoms with Crippen LogP contribution in [0.5, 0.6) is 0 Å². The first kappa shape index (κ1) is 8.97. The average Bonchev–Trinajstić information content (AvgIpc) is 2.45. The van der Waals surface area contributed by atoms with E-state index < -0.39 is 0 Å². The quantitative estimate of drug-likeness (QED) is 0.488. The van der Waals surface area contributed by atoms with Gasteiger partial charge in [0.2, 0.25) is 0 Å². The van der Waals surface area contributed by atoms with E-state index in [4.69, 9.17) is 0 Å². The van der Waals surface area contributed by atoms with Crippen LogP contribution in [0.25, 0.3) is 0 Å². The van der Waals surface area contributed by atoms with Gasteiger partial charge < -0.3 is 4.79 Å². The molecule has 0 fully saturated rings. The fraction of sp³-hybridized carbons (Fsp3) is 0.556. The lowest BCUT2D eigenvalue weighted by Crippen LogP contribution is -1.86. The van der Waals surface area contributed by atoms with Crippen molar-refractivity contribution >= 4 is 6.29 Å². The van der Waals surface area contributed by atoms with Gasteiger partial charge in [-0.1, -0.05) is 0 Å². The van der Waals surface area contributed by atoms with E-state index in [-0.39, 0.29) is 0 Å². The van der Waals surface area contributed by atoms with Crippen LogP contribution < -0.4 is 0 Å². The normalized spacial score (nSPS) is 10.1. The number of hydrogen-bond acceptors (Lipinski definition) is 2. The highest BCUT2D eigenvalue weighted by Crippen LogP contribution is 2.03. The number of aromatic nitrogens is 2. The van der Waals surface area contributed by atoms with E-state index in [0.717, 1.165) is 25.5 Å². The van der Waals surface area contributed by atoms with E-state index in [9.17, 15) is 4.79 Å². The third kappa shape index (κ3) is 2.86. The molecule has 0 aliphatic heterocycles. The van der Waals surface area contributed by atoms with Crippen LogP contribution in [0, 0.1) is 0 Å². The topological polar surface area (TPSA) is 34.9 Å². The number of aldehydes is 1. The van der Waals surface area contributed by atoms with Crippen LogP contribution in [0.2, 0.25) is 0 Å². The van der Waals surface area contributed by atoms with E-state index in [2.05, 4.69) is 5.10 Å². The Morgan fingerprint density at radius 3 is 3.00 bits per heavy atom. The zero-order valence-corrected chi connectivity index (χ0v) is 7.36. The molecule has 0 spiro atoms. The highest BCUT2D eigenvalue weighted by molar-refractivity contribution is 5.48. The van der Waals surface area contributed by atoms with E-state index >= 15 is 0 Å². The van der Waals surface area contributed by atoms with Gasteiger partial charge in [0.15, 0.2) is 0 Å². The number of carbonyl (C=O) groups excluding carboxylic acids is 1. The molecule has 3 heteroatoms. The van der Waals surface area contributed by atoms with Crippen LogP contribution in [0.4, 0.5) is 0 Å². The summed E-state index contributed by atoms with van der Waals surface area (Å²) in [5, 5.41) is 4.06. The summed E-state index contributed by atoms with van der Waals surface area (Å²) in [6.07, 6.45) is 8.63. The molecule has 66 valence electrons. The van der Waals surface area contributed by atoms with Gasteiger partial charge in [-0.05, 0) is 24.8 Å². The number of hydrogen-bond donors (Lipinski definition) is 0. The van der Waals surface area contributed by atoms with Gasteiger partial charge in [0.25, 0.3) is 0 Å². The third-order valence-electron chi connectivity index (χ3n) is 1.80. The summed E-state index contributed by atoms with van der Waals surface area (Å²) in [7, 11) is 1.91. The molecule has 0 aliphatic carbocycles. The molecular weight excluding hydrogens is 152 g/mol. The molecule has 1 rings (SSSR count). The second-order valence-corrected chi connectivity index (χ2v) is 2.93. The maximum absolute atomic E-state index is 10.0. The summed E-state index contributed by atoms with van der Waals surface area (Å²) >= 11 is 0. The summed E-state index contributed by atoms with van der Waals surface area (Å²) < 4.78 is 1.80. The second-order valence-electron chi connectivity index (χ2n) is 2.93. The zero-order chi connectivity index (χ0) is 8.81. The molecule has 0 aromatic carbocycles. The Morgan fingerprint density at radius 1 is 1.58 bits per heavy atom. The Morgan fingerprint density at radius 2 is 2.42 bits per heavy atom. The van der Waals surface area contributed by atoms with Gasteiger partial charge in [0, 0.05) is 19.7 Å². The Bertz CT molecular complexity index is 242. The molecule has 0 N–H and O–H groups in total. The maximum Gasteiger partial charge on any atom is 0.119 e. The fourth-order valence-electron chi connectivity index (χ4n) is 1.16. The molecule has 0 aliphatic rings. The molecule has 3 nitrogen and oxygen atoms in total. The molecule has 1 aromatic rings. The Kier molecular flexibility index (Phi) is 3.51. The molecule has 0 radical (unpaired) electrons. The molecule has 1 aromatic heterocycles. The minimum absolute atomic E-state index is 0.681. The third-order valence-corrected chi connectivity index (χ3v) is 1.80. The van der Waals surface area contributed by atoms with Crippen molar-refractivity contribution in [1.29, 1.82) is 0 Å².